The molecule has 1 aromatic heterocycles. The van der Waals surface area contributed by atoms with E-state index in [9.17, 15) is 4.79 Å². The molecule has 20 heavy (non-hydrogen) atoms. The molecule has 0 radical (unpaired) electrons. The van der Waals surface area contributed by atoms with E-state index in [4.69, 9.17) is 4.74 Å². The average molecular weight is 353 g/mol. The SMILES string of the molecule is O=C(NCC=Cc1csc(Br)n1)OCc1ccccc1. The zero-order valence-corrected chi connectivity index (χ0v) is 13.0. The fraction of sp³-hybridized carbons (Fsp3) is 0.143. The van der Waals surface area contributed by atoms with Gasteiger partial charge in [-0.2, -0.15) is 0 Å². The summed E-state index contributed by atoms with van der Waals surface area (Å²) in [4.78, 5) is 15.7. The first-order valence-corrected chi connectivity index (χ1v) is 7.63. The van der Waals surface area contributed by atoms with Gasteiger partial charge in [0.1, 0.15) is 6.61 Å². The molecule has 0 bridgehead atoms. The molecule has 1 heterocycles. The number of hydrogen-bond donors (Lipinski definition) is 1. The molecule has 104 valence electrons. The van der Waals surface area contributed by atoms with Gasteiger partial charge in [0.25, 0.3) is 0 Å². The molecule has 0 saturated carbocycles. The third kappa shape index (κ3) is 5.14. The summed E-state index contributed by atoms with van der Waals surface area (Å²) in [6.45, 7) is 0.679. The van der Waals surface area contributed by atoms with Crippen molar-refractivity contribution < 1.29 is 9.53 Å². The highest BCUT2D eigenvalue weighted by atomic mass is 79.9. The van der Waals surface area contributed by atoms with Crippen LogP contribution in [0.15, 0.2) is 45.7 Å². The van der Waals surface area contributed by atoms with Crippen LogP contribution in [0.4, 0.5) is 4.79 Å². The van der Waals surface area contributed by atoms with Gasteiger partial charge in [0, 0.05) is 11.9 Å². The number of hydrogen-bond acceptors (Lipinski definition) is 4. The van der Waals surface area contributed by atoms with E-state index in [1.54, 1.807) is 0 Å². The van der Waals surface area contributed by atoms with E-state index < -0.39 is 6.09 Å². The highest BCUT2D eigenvalue weighted by Gasteiger charge is 2.00. The Morgan fingerprint density at radius 2 is 2.20 bits per heavy atom. The molecule has 1 N–H and O–H groups in total. The molecule has 1 aromatic carbocycles. The summed E-state index contributed by atoms with van der Waals surface area (Å²) in [6.07, 6.45) is 3.24. The van der Waals surface area contributed by atoms with E-state index >= 15 is 0 Å². The molecule has 0 saturated heterocycles. The van der Waals surface area contributed by atoms with E-state index in [2.05, 4.69) is 26.2 Å². The van der Waals surface area contributed by atoms with Gasteiger partial charge < -0.3 is 10.1 Å². The number of aromatic nitrogens is 1. The summed E-state index contributed by atoms with van der Waals surface area (Å²) in [6, 6.07) is 9.56. The lowest BCUT2D eigenvalue weighted by Gasteiger charge is -2.04. The van der Waals surface area contributed by atoms with Crippen molar-refractivity contribution in [3.8, 4) is 0 Å². The van der Waals surface area contributed by atoms with Gasteiger partial charge in [-0.15, -0.1) is 11.3 Å². The number of alkyl carbamates (subject to hydrolysis) is 1. The Morgan fingerprint density at radius 1 is 1.40 bits per heavy atom. The van der Waals surface area contributed by atoms with Crippen molar-refractivity contribution in [2.45, 2.75) is 6.61 Å². The minimum absolute atomic E-state index is 0.273. The average Bonchev–Trinajstić information content (AvgIpc) is 2.88. The van der Waals surface area contributed by atoms with Crippen molar-refractivity contribution in [3.63, 3.8) is 0 Å². The van der Waals surface area contributed by atoms with E-state index in [-0.39, 0.29) is 6.61 Å². The second-order valence-electron chi connectivity index (χ2n) is 3.87. The number of nitrogens with zero attached hydrogens (tertiary/aromatic N) is 1. The van der Waals surface area contributed by atoms with Crippen molar-refractivity contribution in [1.82, 2.24) is 10.3 Å². The number of carbonyl (C=O) groups excluding carboxylic acids is 1. The largest absolute Gasteiger partial charge is 0.445 e. The molecular weight excluding hydrogens is 340 g/mol. The van der Waals surface area contributed by atoms with Crippen LogP contribution in [0, 0.1) is 0 Å². The number of amides is 1. The molecule has 0 unspecified atom stereocenters. The fourth-order valence-electron chi connectivity index (χ4n) is 1.44. The molecule has 0 spiro atoms. The third-order valence-electron chi connectivity index (χ3n) is 2.36. The van der Waals surface area contributed by atoms with E-state index in [1.807, 2.05) is 47.9 Å². The van der Waals surface area contributed by atoms with Crippen LogP contribution in [0.25, 0.3) is 6.08 Å². The van der Waals surface area contributed by atoms with Crippen LogP contribution in [0.1, 0.15) is 11.3 Å². The first-order valence-electron chi connectivity index (χ1n) is 5.96. The third-order valence-corrected chi connectivity index (χ3v) is 3.74. The van der Waals surface area contributed by atoms with Crippen molar-refractivity contribution in [2.24, 2.45) is 0 Å². The van der Waals surface area contributed by atoms with Crippen molar-refractivity contribution >= 4 is 39.4 Å². The van der Waals surface area contributed by atoms with E-state index in [1.165, 1.54) is 11.3 Å². The maximum atomic E-state index is 11.4. The van der Waals surface area contributed by atoms with Gasteiger partial charge in [0.05, 0.1) is 5.69 Å². The smallest absolute Gasteiger partial charge is 0.407 e. The molecule has 2 rings (SSSR count). The van der Waals surface area contributed by atoms with E-state index in [0.717, 1.165) is 15.2 Å². The molecule has 4 nitrogen and oxygen atoms in total. The highest BCUT2D eigenvalue weighted by Crippen LogP contribution is 2.16. The molecule has 0 fully saturated rings. The second-order valence-corrected chi connectivity index (χ2v) is 6.00. The van der Waals surface area contributed by atoms with E-state index in [0.29, 0.717) is 6.54 Å². The number of carbonyl (C=O) groups is 1. The van der Waals surface area contributed by atoms with Gasteiger partial charge in [-0.05, 0) is 27.6 Å². The standard InChI is InChI=1S/C14H13BrN2O2S/c15-13-17-12(10-20-13)7-4-8-16-14(18)19-9-11-5-2-1-3-6-11/h1-7,10H,8-9H2,(H,16,18). The van der Waals surface area contributed by atoms with Gasteiger partial charge in [-0.3, -0.25) is 0 Å². The quantitative estimate of drug-likeness (QED) is 0.889. The Balaban J connectivity index is 1.66. The number of thiazole rings is 1. The molecule has 0 aliphatic heterocycles. The minimum Gasteiger partial charge on any atom is -0.445 e. The molecule has 0 atom stereocenters. The Bertz CT molecular complexity index is 584. The summed E-state index contributed by atoms with van der Waals surface area (Å²) in [7, 11) is 0. The molecule has 2 aromatic rings. The zero-order valence-electron chi connectivity index (χ0n) is 10.6. The Kier molecular flexibility index (Phi) is 5.76. The predicted molar refractivity (Wildman–Crippen MR) is 83.5 cm³/mol. The summed E-state index contributed by atoms with van der Waals surface area (Å²) in [5.41, 5.74) is 1.83. The summed E-state index contributed by atoms with van der Waals surface area (Å²) in [5, 5.41) is 4.57. The molecule has 0 aliphatic rings. The zero-order chi connectivity index (χ0) is 14.2. The normalized spacial score (nSPS) is 10.7. The Morgan fingerprint density at radius 3 is 2.90 bits per heavy atom. The first-order chi connectivity index (χ1) is 9.74. The lowest BCUT2D eigenvalue weighted by Crippen LogP contribution is -2.24. The van der Waals surface area contributed by atoms with Gasteiger partial charge in [-0.25, -0.2) is 9.78 Å². The first kappa shape index (κ1) is 14.7. The van der Waals surface area contributed by atoms with Gasteiger partial charge in [-0.1, -0.05) is 36.4 Å². The maximum absolute atomic E-state index is 11.4. The number of halogens is 1. The summed E-state index contributed by atoms with van der Waals surface area (Å²) < 4.78 is 5.92. The summed E-state index contributed by atoms with van der Waals surface area (Å²) in [5.74, 6) is 0. The van der Waals surface area contributed by atoms with Crippen LogP contribution in [0.3, 0.4) is 0 Å². The lowest BCUT2D eigenvalue weighted by atomic mass is 10.2. The number of ether oxygens (including phenoxy) is 1. The van der Waals surface area contributed by atoms with Crippen LogP contribution >= 0.6 is 27.3 Å². The second kappa shape index (κ2) is 7.81. The van der Waals surface area contributed by atoms with Crippen molar-refractivity contribution in [2.75, 3.05) is 6.54 Å². The predicted octanol–water partition coefficient (Wildman–Crippen LogP) is 3.85. The highest BCUT2D eigenvalue weighted by molar-refractivity contribution is 9.11. The molecular formula is C14H13BrN2O2S. The summed E-state index contributed by atoms with van der Waals surface area (Å²) >= 11 is 4.81. The van der Waals surface area contributed by atoms with Gasteiger partial charge in [0.15, 0.2) is 3.92 Å². The van der Waals surface area contributed by atoms with Crippen molar-refractivity contribution in [1.29, 1.82) is 0 Å². The Hall–Kier alpha value is -1.66. The fourth-order valence-corrected chi connectivity index (χ4v) is 2.43. The van der Waals surface area contributed by atoms with Gasteiger partial charge >= 0.3 is 6.09 Å². The lowest BCUT2D eigenvalue weighted by molar-refractivity contribution is 0.141. The van der Waals surface area contributed by atoms with Crippen LogP contribution in [-0.4, -0.2) is 17.6 Å². The maximum Gasteiger partial charge on any atom is 0.407 e. The number of nitrogens with one attached hydrogen (secondary N) is 1. The van der Waals surface area contributed by atoms with Crippen molar-refractivity contribution in [3.05, 3.63) is 57.0 Å². The number of benzene rings is 1. The van der Waals surface area contributed by atoms with Crippen LogP contribution in [0.2, 0.25) is 0 Å². The minimum atomic E-state index is -0.432. The number of rotatable bonds is 5. The van der Waals surface area contributed by atoms with Crippen LogP contribution in [-0.2, 0) is 11.3 Å². The topological polar surface area (TPSA) is 51.2 Å². The molecule has 6 heteroatoms. The molecule has 1 amide bonds. The van der Waals surface area contributed by atoms with Gasteiger partial charge in [0.2, 0.25) is 0 Å². The molecule has 0 aliphatic carbocycles. The Labute approximate surface area is 129 Å². The van der Waals surface area contributed by atoms with Crippen LogP contribution < -0.4 is 5.32 Å². The van der Waals surface area contributed by atoms with Crippen LogP contribution in [0.5, 0.6) is 0 Å². The monoisotopic (exact) mass is 352 g/mol.